The Morgan fingerprint density at radius 1 is 1.40 bits per heavy atom. The highest BCUT2D eigenvalue weighted by molar-refractivity contribution is 6.34. The number of likely N-dealkylation sites (tertiary alicyclic amines) is 1. The number of nitrogens with zero attached hydrogens (tertiary/aromatic N) is 4. The van der Waals surface area contributed by atoms with Gasteiger partial charge >= 0.3 is 0 Å². The van der Waals surface area contributed by atoms with E-state index in [2.05, 4.69) is 38.5 Å². The van der Waals surface area contributed by atoms with E-state index in [4.69, 9.17) is 11.6 Å². The second-order valence-corrected chi connectivity index (χ2v) is 5.85. The molecule has 1 aliphatic heterocycles. The van der Waals surface area contributed by atoms with Crippen molar-refractivity contribution in [1.29, 1.82) is 0 Å². The summed E-state index contributed by atoms with van der Waals surface area (Å²) in [6, 6.07) is 2.45. The molecule has 0 unspecified atom stereocenters. The highest BCUT2D eigenvalue weighted by Gasteiger charge is 2.19. The average molecular weight is 292 g/mol. The van der Waals surface area contributed by atoms with Crippen LogP contribution < -0.4 is 5.32 Å². The van der Waals surface area contributed by atoms with Crippen LogP contribution in [0.25, 0.3) is 10.9 Å². The Morgan fingerprint density at radius 2 is 2.25 bits per heavy atom. The maximum atomic E-state index is 6.08. The van der Waals surface area contributed by atoms with Crippen LogP contribution >= 0.6 is 11.6 Å². The maximum Gasteiger partial charge on any atom is 0.178 e. The van der Waals surface area contributed by atoms with Gasteiger partial charge < -0.3 is 10.2 Å². The minimum absolute atomic E-state index is 0.353. The second kappa shape index (κ2) is 5.50. The van der Waals surface area contributed by atoms with Gasteiger partial charge in [-0.15, -0.1) is 10.2 Å². The molecule has 0 amide bonds. The molecule has 2 aromatic heterocycles. The predicted molar refractivity (Wildman–Crippen MR) is 81.2 cm³/mol. The molecule has 3 rings (SSSR count). The lowest BCUT2D eigenvalue weighted by molar-refractivity contribution is 0.261. The van der Waals surface area contributed by atoms with Crippen LogP contribution in [0.2, 0.25) is 5.15 Å². The smallest absolute Gasteiger partial charge is 0.178 e. The molecule has 0 spiro atoms. The number of piperidine rings is 1. The van der Waals surface area contributed by atoms with Gasteiger partial charge in [0.2, 0.25) is 0 Å². The van der Waals surface area contributed by atoms with E-state index in [1.165, 1.54) is 6.42 Å². The van der Waals surface area contributed by atoms with Crippen LogP contribution in [0, 0.1) is 6.92 Å². The number of halogens is 1. The Morgan fingerprint density at radius 3 is 3.05 bits per heavy atom. The van der Waals surface area contributed by atoms with Crippen molar-refractivity contribution in [2.75, 3.05) is 25.5 Å². The van der Waals surface area contributed by atoms with Gasteiger partial charge in [-0.1, -0.05) is 11.6 Å². The molecule has 1 N–H and O–H groups in total. The number of fused-ring (bicyclic) bond motifs is 1. The van der Waals surface area contributed by atoms with Crippen LogP contribution in [-0.4, -0.2) is 46.3 Å². The van der Waals surface area contributed by atoms with E-state index in [0.717, 1.165) is 36.3 Å². The number of pyridine rings is 1. The summed E-state index contributed by atoms with van der Waals surface area (Å²) in [4.78, 5) is 6.69. The van der Waals surface area contributed by atoms with Gasteiger partial charge in [-0.2, -0.15) is 0 Å². The highest BCUT2D eigenvalue weighted by Crippen LogP contribution is 2.26. The first kappa shape index (κ1) is 13.5. The Bertz CT molecular complexity index is 630. The molecule has 3 heterocycles. The fourth-order valence-electron chi connectivity index (χ4n) is 2.69. The molecule has 0 aliphatic carbocycles. The van der Waals surface area contributed by atoms with Crippen molar-refractivity contribution in [2.45, 2.75) is 25.8 Å². The van der Waals surface area contributed by atoms with Crippen molar-refractivity contribution in [3.05, 3.63) is 23.0 Å². The lowest BCUT2D eigenvalue weighted by atomic mass is 10.1. The van der Waals surface area contributed by atoms with Gasteiger partial charge in [0, 0.05) is 24.2 Å². The van der Waals surface area contributed by atoms with Gasteiger partial charge in [0.1, 0.15) is 5.52 Å². The predicted octanol–water partition coefficient (Wildman–Crippen LogP) is 2.49. The van der Waals surface area contributed by atoms with Crippen molar-refractivity contribution in [3.8, 4) is 0 Å². The van der Waals surface area contributed by atoms with E-state index in [1.54, 1.807) is 6.20 Å². The number of hydrogen-bond donors (Lipinski definition) is 1. The standard InChI is InChI=1S/C14H18ClN5/c1-9-6-11-12(16-7-9)13(15)18-19-14(11)17-10-4-3-5-20(2)8-10/h6-7,10H,3-5,8H2,1-2H3,(H,17,19)/t10-/m1/s1. The van der Waals surface area contributed by atoms with Crippen molar-refractivity contribution in [1.82, 2.24) is 20.1 Å². The molecular formula is C14H18ClN5. The largest absolute Gasteiger partial charge is 0.364 e. The summed E-state index contributed by atoms with van der Waals surface area (Å²) >= 11 is 6.08. The van der Waals surface area contributed by atoms with Crippen LogP contribution in [-0.2, 0) is 0 Å². The number of aromatic nitrogens is 3. The molecule has 20 heavy (non-hydrogen) atoms. The van der Waals surface area contributed by atoms with Gasteiger partial charge in [0.25, 0.3) is 0 Å². The molecule has 1 atom stereocenters. The Kier molecular flexibility index (Phi) is 3.72. The fraction of sp³-hybridized carbons (Fsp3) is 0.500. The molecule has 0 aromatic carbocycles. The number of rotatable bonds is 2. The summed E-state index contributed by atoms with van der Waals surface area (Å²) in [6.45, 7) is 4.19. The van der Waals surface area contributed by atoms with Gasteiger partial charge in [-0.05, 0) is 45.0 Å². The SMILES string of the molecule is Cc1cnc2c(Cl)nnc(N[C@@H]3CCCN(C)C3)c2c1. The topological polar surface area (TPSA) is 53.9 Å². The highest BCUT2D eigenvalue weighted by atomic mass is 35.5. The molecule has 0 bridgehead atoms. The van der Waals surface area contributed by atoms with E-state index in [9.17, 15) is 0 Å². The zero-order chi connectivity index (χ0) is 14.1. The summed E-state index contributed by atoms with van der Waals surface area (Å²) in [5.74, 6) is 0.779. The summed E-state index contributed by atoms with van der Waals surface area (Å²) in [5.41, 5.74) is 1.80. The van der Waals surface area contributed by atoms with Crippen molar-refractivity contribution < 1.29 is 0 Å². The quantitative estimate of drug-likeness (QED) is 0.921. The third-order valence-electron chi connectivity index (χ3n) is 3.68. The molecule has 106 valence electrons. The molecule has 0 saturated carbocycles. The number of nitrogens with one attached hydrogen (secondary N) is 1. The van der Waals surface area contributed by atoms with Crippen molar-refractivity contribution in [2.24, 2.45) is 0 Å². The molecule has 2 aromatic rings. The van der Waals surface area contributed by atoms with E-state index >= 15 is 0 Å². The van der Waals surface area contributed by atoms with Gasteiger partial charge in [-0.25, -0.2) is 0 Å². The molecule has 1 saturated heterocycles. The van der Waals surface area contributed by atoms with Gasteiger partial charge in [0.05, 0.1) is 0 Å². The third kappa shape index (κ3) is 2.69. The van der Waals surface area contributed by atoms with Crippen molar-refractivity contribution in [3.63, 3.8) is 0 Å². The average Bonchev–Trinajstić information content (AvgIpc) is 2.42. The zero-order valence-electron chi connectivity index (χ0n) is 11.7. The molecule has 1 fully saturated rings. The van der Waals surface area contributed by atoms with Crippen LogP contribution in [0.5, 0.6) is 0 Å². The minimum Gasteiger partial charge on any atom is -0.364 e. The monoisotopic (exact) mass is 291 g/mol. The summed E-state index contributed by atoms with van der Waals surface area (Å²) in [5, 5.41) is 13.0. The second-order valence-electron chi connectivity index (χ2n) is 5.49. The van der Waals surface area contributed by atoms with Crippen LogP contribution in [0.1, 0.15) is 18.4 Å². The zero-order valence-corrected chi connectivity index (χ0v) is 12.5. The van der Waals surface area contributed by atoms with Gasteiger partial charge in [0.15, 0.2) is 11.0 Å². The number of hydrogen-bond acceptors (Lipinski definition) is 5. The lowest BCUT2D eigenvalue weighted by Gasteiger charge is -2.30. The molecule has 5 nitrogen and oxygen atoms in total. The first-order valence-electron chi connectivity index (χ1n) is 6.87. The van der Waals surface area contributed by atoms with Gasteiger partial charge in [-0.3, -0.25) is 4.98 Å². The van der Waals surface area contributed by atoms with Crippen LogP contribution in [0.15, 0.2) is 12.3 Å². The van der Waals surface area contributed by atoms with E-state index < -0.39 is 0 Å². The number of aryl methyl sites for hydroxylation is 1. The molecule has 6 heteroatoms. The molecule has 1 aliphatic rings. The summed E-state index contributed by atoms with van der Waals surface area (Å²) < 4.78 is 0. The first-order valence-corrected chi connectivity index (χ1v) is 7.25. The van der Waals surface area contributed by atoms with Crippen LogP contribution in [0.3, 0.4) is 0 Å². The molecule has 0 radical (unpaired) electrons. The normalized spacial score (nSPS) is 20.2. The third-order valence-corrected chi connectivity index (χ3v) is 3.93. The first-order chi connectivity index (χ1) is 9.63. The van der Waals surface area contributed by atoms with E-state index in [0.29, 0.717) is 16.7 Å². The Hall–Kier alpha value is -1.46. The van der Waals surface area contributed by atoms with E-state index in [-0.39, 0.29) is 0 Å². The van der Waals surface area contributed by atoms with Crippen molar-refractivity contribution >= 4 is 28.3 Å². The lowest BCUT2D eigenvalue weighted by Crippen LogP contribution is -2.40. The summed E-state index contributed by atoms with van der Waals surface area (Å²) in [7, 11) is 2.14. The Labute approximate surface area is 123 Å². The fourth-order valence-corrected chi connectivity index (χ4v) is 2.88. The maximum absolute atomic E-state index is 6.08. The number of anilines is 1. The van der Waals surface area contributed by atoms with Crippen LogP contribution in [0.4, 0.5) is 5.82 Å². The molecular weight excluding hydrogens is 274 g/mol. The van der Waals surface area contributed by atoms with E-state index in [1.807, 2.05) is 6.92 Å². The summed E-state index contributed by atoms with van der Waals surface area (Å²) in [6.07, 6.45) is 4.15. The number of likely N-dealkylation sites (N-methyl/N-ethyl adjacent to an activating group) is 1. The minimum atomic E-state index is 0.353. The Balaban J connectivity index is 1.95.